The van der Waals surface area contributed by atoms with Crippen molar-refractivity contribution < 1.29 is 4.39 Å². The van der Waals surface area contributed by atoms with Crippen LogP contribution in [0.4, 0.5) is 4.39 Å². The Balaban J connectivity index is 1.99. The van der Waals surface area contributed by atoms with E-state index < -0.39 is 5.82 Å². The van der Waals surface area contributed by atoms with E-state index in [2.05, 4.69) is 11.4 Å². The van der Waals surface area contributed by atoms with Crippen LogP contribution in [0, 0.1) is 17.1 Å². The first-order valence-electron chi connectivity index (χ1n) is 6.27. The summed E-state index contributed by atoms with van der Waals surface area (Å²) in [7, 11) is 0. The fourth-order valence-corrected chi connectivity index (χ4v) is 2.00. The number of nitrogens with one attached hydrogen (secondary N) is 1. The Morgan fingerprint density at radius 3 is 2.55 bits per heavy atom. The third-order valence-corrected chi connectivity index (χ3v) is 3.44. The zero-order valence-electron chi connectivity index (χ0n) is 11.0. The van der Waals surface area contributed by atoms with Crippen LogP contribution in [0.25, 0.3) is 0 Å². The number of benzene rings is 2. The molecule has 20 heavy (non-hydrogen) atoms. The molecule has 0 radical (unpaired) electrons. The molecule has 2 nitrogen and oxygen atoms in total. The number of nitriles is 1. The van der Waals surface area contributed by atoms with Crippen molar-refractivity contribution in [3.05, 3.63) is 70.0 Å². The average molecular weight is 289 g/mol. The Morgan fingerprint density at radius 1 is 1.25 bits per heavy atom. The van der Waals surface area contributed by atoms with Crippen LogP contribution in [0.5, 0.6) is 0 Å². The van der Waals surface area contributed by atoms with Gasteiger partial charge in [0, 0.05) is 12.6 Å². The highest BCUT2D eigenvalue weighted by atomic mass is 35.5. The molecule has 0 amide bonds. The van der Waals surface area contributed by atoms with Crippen LogP contribution in [-0.4, -0.2) is 0 Å². The second-order valence-corrected chi connectivity index (χ2v) is 4.99. The highest BCUT2D eigenvalue weighted by molar-refractivity contribution is 6.30. The van der Waals surface area contributed by atoms with Gasteiger partial charge in [-0.3, -0.25) is 0 Å². The van der Waals surface area contributed by atoms with Crippen molar-refractivity contribution in [2.45, 2.75) is 19.5 Å². The summed E-state index contributed by atoms with van der Waals surface area (Å²) >= 11 is 5.65. The summed E-state index contributed by atoms with van der Waals surface area (Å²) in [5, 5.41) is 12.2. The van der Waals surface area contributed by atoms with Crippen molar-refractivity contribution in [3.8, 4) is 6.07 Å². The molecule has 0 aromatic heterocycles. The molecule has 2 aromatic carbocycles. The van der Waals surface area contributed by atoms with E-state index in [-0.39, 0.29) is 11.1 Å². The minimum absolute atomic E-state index is 0.112. The second-order valence-electron chi connectivity index (χ2n) is 4.58. The average Bonchev–Trinajstić information content (AvgIpc) is 2.48. The lowest BCUT2D eigenvalue weighted by molar-refractivity contribution is 0.569. The summed E-state index contributed by atoms with van der Waals surface area (Å²) in [5.74, 6) is -0.406. The third-order valence-electron chi connectivity index (χ3n) is 3.14. The van der Waals surface area contributed by atoms with Crippen LogP contribution in [0.2, 0.25) is 5.02 Å². The van der Waals surface area contributed by atoms with E-state index in [1.54, 1.807) is 24.3 Å². The minimum Gasteiger partial charge on any atom is -0.306 e. The Kier molecular flexibility index (Phi) is 4.73. The van der Waals surface area contributed by atoms with E-state index in [1.165, 1.54) is 6.07 Å². The monoisotopic (exact) mass is 288 g/mol. The lowest BCUT2D eigenvalue weighted by Crippen LogP contribution is -2.18. The van der Waals surface area contributed by atoms with Crippen LogP contribution in [0.3, 0.4) is 0 Å². The van der Waals surface area contributed by atoms with Crippen LogP contribution in [0.1, 0.15) is 29.7 Å². The Morgan fingerprint density at radius 2 is 1.95 bits per heavy atom. The molecule has 0 spiro atoms. The zero-order valence-corrected chi connectivity index (χ0v) is 11.8. The Bertz CT molecular complexity index is 632. The van der Waals surface area contributed by atoms with E-state index in [4.69, 9.17) is 16.9 Å². The third kappa shape index (κ3) is 3.57. The molecule has 0 saturated heterocycles. The van der Waals surface area contributed by atoms with Crippen molar-refractivity contribution in [3.63, 3.8) is 0 Å². The van der Waals surface area contributed by atoms with Gasteiger partial charge >= 0.3 is 0 Å². The number of rotatable bonds is 4. The van der Waals surface area contributed by atoms with Gasteiger partial charge in [-0.15, -0.1) is 0 Å². The quantitative estimate of drug-likeness (QED) is 0.915. The zero-order chi connectivity index (χ0) is 14.5. The number of nitrogens with zero attached hydrogens (tertiary/aromatic N) is 1. The number of hydrogen-bond donors (Lipinski definition) is 1. The number of hydrogen-bond acceptors (Lipinski definition) is 2. The van der Waals surface area contributed by atoms with E-state index in [0.717, 1.165) is 11.1 Å². The molecule has 0 fully saturated rings. The highest BCUT2D eigenvalue weighted by Gasteiger charge is 2.06. The standard InChI is InChI=1S/C16H14ClFN2/c1-11(14-5-2-12(9-19)3-6-14)20-10-13-4-7-15(17)16(18)8-13/h2-8,11,20H,10H2,1H3. The molecule has 0 bridgehead atoms. The molecule has 2 aromatic rings. The van der Waals surface area contributed by atoms with Gasteiger partial charge in [-0.25, -0.2) is 4.39 Å². The summed E-state index contributed by atoms with van der Waals surface area (Å²) in [6, 6.07) is 14.4. The summed E-state index contributed by atoms with van der Waals surface area (Å²) < 4.78 is 13.3. The normalized spacial score (nSPS) is 11.9. The summed E-state index contributed by atoms with van der Waals surface area (Å²) in [4.78, 5) is 0. The van der Waals surface area contributed by atoms with Crippen LogP contribution in [0.15, 0.2) is 42.5 Å². The lowest BCUT2D eigenvalue weighted by atomic mass is 10.1. The molecule has 2 rings (SSSR count). The van der Waals surface area contributed by atoms with Crippen molar-refractivity contribution in [2.75, 3.05) is 0 Å². The van der Waals surface area contributed by atoms with Gasteiger partial charge in [-0.1, -0.05) is 29.8 Å². The molecule has 0 saturated carbocycles. The predicted octanol–water partition coefficient (Wildman–Crippen LogP) is 4.20. The Hall–Kier alpha value is -1.89. The van der Waals surface area contributed by atoms with Gasteiger partial charge in [0.1, 0.15) is 5.82 Å². The minimum atomic E-state index is -0.406. The first-order chi connectivity index (χ1) is 9.60. The molecular formula is C16H14ClFN2. The van der Waals surface area contributed by atoms with Crippen molar-refractivity contribution in [2.24, 2.45) is 0 Å². The van der Waals surface area contributed by atoms with Gasteiger partial charge in [0.15, 0.2) is 0 Å². The maximum Gasteiger partial charge on any atom is 0.142 e. The molecular weight excluding hydrogens is 275 g/mol. The molecule has 0 aliphatic rings. The summed E-state index contributed by atoms with van der Waals surface area (Å²) in [6.07, 6.45) is 0. The van der Waals surface area contributed by atoms with Gasteiger partial charge in [-0.05, 0) is 42.3 Å². The molecule has 0 aliphatic heterocycles. The molecule has 1 unspecified atom stereocenters. The van der Waals surface area contributed by atoms with Crippen LogP contribution in [-0.2, 0) is 6.54 Å². The summed E-state index contributed by atoms with van der Waals surface area (Å²) in [5.41, 5.74) is 2.56. The Labute approximate surface area is 122 Å². The number of halogens is 2. The van der Waals surface area contributed by atoms with E-state index in [1.807, 2.05) is 19.1 Å². The smallest absolute Gasteiger partial charge is 0.142 e. The molecule has 0 aliphatic carbocycles. The van der Waals surface area contributed by atoms with Gasteiger partial charge in [-0.2, -0.15) is 5.26 Å². The summed E-state index contributed by atoms with van der Waals surface area (Å²) in [6.45, 7) is 2.57. The SMILES string of the molecule is CC(NCc1ccc(Cl)c(F)c1)c1ccc(C#N)cc1. The fraction of sp³-hybridized carbons (Fsp3) is 0.188. The first kappa shape index (κ1) is 14.5. The van der Waals surface area contributed by atoms with Gasteiger partial charge < -0.3 is 5.32 Å². The van der Waals surface area contributed by atoms with E-state index in [0.29, 0.717) is 12.1 Å². The largest absolute Gasteiger partial charge is 0.306 e. The topological polar surface area (TPSA) is 35.8 Å². The molecule has 0 heterocycles. The maximum absolute atomic E-state index is 13.3. The van der Waals surface area contributed by atoms with E-state index >= 15 is 0 Å². The molecule has 1 N–H and O–H groups in total. The van der Waals surface area contributed by atoms with Crippen molar-refractivity contribution in [1.29, 1.82) is 5.26 Å². The fourth-order valence-electron chi connectivity index (χ4n) is 1.88. The molecule has 102 valence electrons. The van der Waals surface area contributed by atoms with Crippen molar-refractivity contribution >= 4 is 11.6 Å². The van der Waals surface area contributed by atoms with E-state index in [9.17, 15) is 4.39 Å². The lowest BCUT2D eigenvalue weighted by Gasteiger charge is -2.14. The van der Waals surface area contributed by atoms with Gasteiger partial charge in [0.25, 0.3) is 0 Å². The van der Waals surface area contributed by atoms with Crippen LogP contribution >= 0.6 is 11.6 Å². The van der Waals surface area contributed by atoms with Crippen molar-refractivity contribution in [1.82, 2.24) is 5.32 Å². The predicted molar refractivity (Wildman–Crippen MR) is 77.8 cm³/mol. The first-order valence-corrected chi connectivity index (χ1v) is 6.65. The second kappa shape index (κ2) is 6.51. The molecule has 4 heteroatoms. The maximum atomic E-state index is 13.3. The van der Waals surface area contributed by atoms with Gasteiger partial charge in [0.05, 0.1) is 16.7 Å². The molecule has 1 atom stereocenters. The van der Waals surface area contributed by atoms with Gasteiger partial charge in [0.2, 0.25) is 0 Å². The van der Waals surface area contributed by atoms with Crippen LogP contribution < -0.4 is 5.32 Å². The highest BCUT2D eigenvalue weighted by Crippen LogP contribution is 2.17.